The molecule has 0 unspecified atom stereocenters. The number of ketones is 1. The van der Waals surface area contributed by atoms with Crippen molar-refractivity contribution in [1.29, 1.82) is 0 Å². The number of fused-ring (bicyclic) bond motifs is 1. The molecular weight excluding hydrogens is 200 g/mol. The number of nitrogens with zero attached hydrogens (tertiary/aromatic N) is 2. The summed E-state index contributed by atoms with van der Waals surface area (Å²) in [5.74, 6) is 0.960. The first kappa shape index (κ1) is 10.6. The van der Waals surface area contributed by atoms with Gasteiger partial charge in [-0.25, -0.2) is 4.98 Å². The zero-order chi connectivity index (χ0) is 11.5. The van der Waals surface area contributed by atoms with Gasteiger partial charge in [0.1, 0.15) is 11.6 Å². The van der Waals surface area contributed by atoms with Crippen molar-refractivity contribution in [2.45, 2.75) is 12.8 Å². The summed E-state index contributed by atoms with van der Waals surface area (Å²) in [7, 11) is 1.94. The minimum Gasteiger partial charge on any atom is -0.331 e. The third-order valence-corrected chi connectivity index (χ3v) is 2.61. The van der Waals surface area contributed by atoms with E-state index in [0.29, 0.717) is 12.8 Å². The maximum Gasteiger partial charge on any atom is 0.144 e. The first-order valence-corrected chi connectivity index (χ1v) is 5.25. The lowest BCUT2D eigenvalue weighted by atomic mass is 10.2. The number of aromatic nitrogens is 2. The van der Waals surface area contributed by atoms with Gasteiger partial charge in [-0.05, 0) is 12.1 Å². The number of rotatable bonds is 4. The average Bonchev–Trinajstić information content (AvgIpc) is 2.57. The van der Waals surface area contributed by atoms with Crippen LogP contribution in [0.2, 0.25) is 0 Å². The van der Waals surface area contributed by atoms with Crippen LogP contribution in [-0.2, 0) is 18.3 Å². The number of allylic oxidation sites excluding steroid dienone is 1. The fraction of sp³-hybridized carbons (Fsp3) is 0.231. The van der Waals surface area contributed by atoms with Gasteiger partial charge in [-0.2, -0.15) is 0 Å². The molecule has 1 aromatic carbocycles. The Morgan fingerprint density at radius 2 is 2.25 bits per heavy atom. The molecule has 3 nitrogen and oxygen atoms in total. The molecule has 16 heavy (non-hydrogen) atoms. The monoisotopic (exact) mass is 214 g/mol. The summed E-state index contributed by atoms with van der Waals surface area (Å²) in [5, 5.41) is 0. The van der Waals surface area contributed by atoms with Crippen molar-refractivity contribution in [2.75, 3.05) is 0 Å². The third kappa shape index (κ3) is 1.89. The van der Waals surface area contributed by atoms with Crippen molar-refractivity contribution < 1.29 is 4.79 Å². The van der Waals surface area contributed by atoms with Gasteiger partial charge in [0.15, 0.2) is 0 Å². The summed E-state index contributed by atoms with van der Waals surface area (Å²) in [4.78, 5) is 16.0. The minimum absolute atomic E-state index is 0.147. The van der Waals surface area contributed by atoms with Crippen LogP contribution in [0.4, 0.5) is 0 Å². The molecule has 0 radical (unpaired) electrons. The van der Waals surface area contributed by atoms with Crippen molar-refractivity contribution in [3.05, 3.63) is 42.7 Å². The molecule has 0 spiro atoms. The number of para-hydroxylation sites is 2. The lowest BCUT2D eigenvalue weighted by molar-refractivity contribution is -0.117. The van der Waals surface area contributed by atoms with E-state index in [9.17, 15) is 4.79 Å². The molecule has 1 aromatic heterocycles. The second-order valence-electron chi connectivity index (χ2n) is 3.78. The molecule has 2 rings (SSSR count). The summed E-state index contributed by atoms with van der Waals surface area (Å²) in [6.07, 6.45) is 2.41. The highest BCUT2D eigenvalue weighted by Gasteiger charge is 2.10. The predicted octanol–water partition coefficient (Wildman–Crippen LogP) is 2.26. The molecule has 0 atom stereocenters. The van der Waals surface area contributed by atoms with Crippen molar-refractivity contribution in [1.82, 2.24) is 9.55 Å². The topological polar surface area (TPSA) is 34.9 Å². The van der Waals surface area contributed by atoms with Gasteiger partial charge in [0.25, 0.3) is 0 Å². The van der Waals surface area contributed by atoms with Gasteiger partial charge in [-0.1, -0.05) is 18.2 Å². The van der Waals surface area contributed by atoms with E-state index in [0.717, 1.165) is 16.9 Å². The van der Waals surface area contributed by atoms with E-state index in [1.807, 2.05) is 35.9 Å². The number of carbonyl (C=O) groups is 1. The van der Waals surface area contributed by atoms with Gasteiger partial charge in [0, 0.05) is 13.5 Å². The molecule has 0 saturated carbocycles. The van der Waals surface area contributed by atoms with Crippen LogP contribution in [0, 0.1) is 0 Å². The molecule has 0 bridgehead atoms. The molecular formula is C13H14N2O. The zero-order valence-electron chi connectivity index (χ0n) is 9.31. The molecule has 0 saturated heterocycles. The molecule has 0 N–H and O–H groups in total. The summed E-state index contributed by atoms with van der Waals surface area (Å²) in [5.41, 5.74) is 2.00. The summed E-state index contributed by atoms with van der Waals surface area (Å²) in [6, 6.07) is 7.88. The van der Waals surface area contributed by atoms with Crippen molar-refractivity contribution in [3.8, 4) is 0 Å². The van der Waals surface area contributed by atoms with Gasteiger partial charge in [0.05, 0.1) is 17.5 Å². The Labute approximate surface area is 94.4 Å². The quantitative estimate of drug-likeness (QED) is 0.732. The highest BCUT2D eigenvalue weighted by atomic mass is 16.1. The summed E-state index contributed by atoms with van der Waals surface area (Å²) in [6.45, 7) is 3.56. The van der Waals surface area contributed by atoms with Crippen LogP contribution in [0.3, 0.4) is 0 Å². The number of aryl methyl sites for hydroxylation is 1. The van der Waals surface area contributed by atoms with Gasteiger partial charge in [-0.3, -0.25) is 4.79 Å². The molecule has 0 aliphatic rings. The molecule has 0 fully saturated rings. The van der Waals surface area contributed by atoms with Gasteiger partial charge in [0.2, 0.25) is 0 Å². The van der Waals surface area contributed by atoms with Crippen molar-refractivity contribution >= 4 is 16.8 Å². The lowest BCUT2D eigenvalue weighted by Gasteiger charge is -2.00. The predicted molar refractivity (Wildman–Crippen MR) is 64.2 cm³/mol. The van der Waals surface area contributed by atoms with E-state index >= 15 is 0 Å². The van der Waals surface area contributed by atoms with Crippen LogP contribution in [0.25, 0.3) is 11.0 Å². The number of Topliss-reactive ketones (excluding diaryl/α,β-unsaturated/α-hetero) is 1. The standard InChI is InChI=1S/C13H14N2O/c1-3-6-10(16)9-13-14-11-7-4-5-8-12(11)15(13)2/h3-5,7-8H,1,6,9H2,2H3. The zero-order valence-corrected chi connectivity index (χ0v) is 9.31. The molecule has 0 aliphatic carbocycles. The summed E-state index contributed by atoms with van der Waals surface area (Å²) >= 11 is 0. The fourth-order valence-corrected chi connectivity index (χ4v) is 1.76. The Morgan fingerprint density at radius 1 is 1.50 bits per heavy atom. The first-order chi connectivity index (χ1) is 7.72. The van der Waals surface area contributed by atoms with Crippen LogP contribution in [0.5, 0.6) is 0 Å². The van der Waals surface area contributed by atoms with Gasteiger partial charge in [-0.15, -0.1) is 6.58 Å². The normalized spacial score (nSPS) is 10.6. The largest absolute Gasteiger partial charge is 0.331 e. The van der Waals surface area contributed by atoms with E-state index in [1.165, 1.54) is 0 Å². The van der Waals surface area contributed by atoms with Crippen LogP contribution in [-0.4, -0.2) is 15.3 Å². The smallest absolute Gasteiger partial charge is 0.144 e. The van der Waals surface area contributed by atoms with Crippen LogP contribution in [0.15, 0.2) is 36.9 Å². The Balaban J connectivity index is 2.34. The van der Waals surface area contributed by atoms with Crippen molar-refractivity contribution in [3.63, 3.8) is 0 Å². The first-order valence-electron chi connectivity index (χ1n) is 5.25. The van der Waals surface area contributed by atoms with Crippen LogP contribution in [0.1, 0.15) is 12.2 Å². The van der Waals surface area contributed by atoms with E-state index in [-0.39, 0.29) is 5.78 Å². The SMILES string of the molecule is C=CCC(=O)Cc1nc2ccccc2n1C. The second kappa shape index (κ2) is 4.31. The fourth-order valence-electron chi connectivity index (χ4n) is 1.76. The van der Waals surface area contributed by atoms with E-state index < -0.39 is 0 Å². The Bertz CT molecular complexity index is 540. The van der Waals surface area contributed by atoms with Gasteiger partial charge < -0.3 is 4.57 Å². The van der Waals surface area contributed by atoms with E-state index in [1.54, 1.807) is 6.08 Å². The maximum atomic E-state index is 11.5. The Kier molecular flexibility index (Phi) is 2.86. The lowest BCUT2D eigenvalue weighted by Crippen LogP contribution is -2.06. The number of carbonyl (C=O) groups excluding carboxylic acids is 1. The molecule has 3 heteroatoms. The second-order valence-corrected chi connectivity index (χ2v) is 3.78. The summed E-state index contributed by atoms with van der Waals surface area (Å²) < 4.78 is 1.97. The van der Waals surface area contributed by atoms with Crippen molar-refractivity contribution in [2.24, 2.45) is 7.05 Å². The average molecular weight is 214 g/mol. The molecule has 0 amide bonds. The number of hydrogen-bond donors (Lipinski definition) is 0. The van der Waals surface area contributed by atoms with E-state index in [2.05, 4.69) is 11.6 Å². The number of benzene rings is 1. The minimum atomic E-state index is 0.147. The van der Waals surface area contributed by atoms with Gasteiger partial charge >= 0.3 is 0 Å². The Morgan fingerprint density at radius 3 is 2.94 bits per heavy atom. The Hall–Kier alpha value is -1.90. The van der Waals surface area contributed by atoms with E-state index in [4.69, 9.17) is 0 Å². The molecule has 1 heterocycles. The molecule has 2 aromatic rings. The van der Waals surface area contributed by atoms with Crippen LogP contribution < -0.4 is 0 Å². The van der Waals surface area contributed by atoms with Crippen LogP contribution >= 0.6 is 0 Å². The maximum absolute atomic E-state index is 11.5. The third-order valence-electron chi connectivity index (χ3n) is 2.61. The molecule has 0 aliphatic heterocycles. The molecule has 82 valence electrons. The highest BCUT2D eigenvalue weighted by Crippen LogP contribution is 2.14. The number of imidazole rings is 1. The highest BCUT2D eigenvalue weighted by molar-refractivity contribution is 5.83. The number of hydrogen-bond acceptors (Lipinski definition) is 2.